The molecule has 3 aromatic rings. The Hall–Kier alpha value is -1.65. The maximum atomic E-state index is 14.4. The number of hydrogen-bond donors (Lipinski definition) is 0. The van der Waals surface area contributed by atoms with Gasteiger partial charge in [-0.15, -0.1) is 11.8 Å². The second-order valence-electron chi connectivity index (χ2n) is 18.7. The third-order valence-corrected chi connectivity index (χ3v) is 26.9. The highest BCUT2D eigenvalue weighted by Crippen LogP contribution is 2.51. The molecule has 0 saturated carbocycles. The molecule has 11 heteroatoms. The average Bonchev–Trinajstić information content (AvgIpc) is 2.99. The van der Waals surface area contributed by atoms with Crippen molar-refractivity contribution in [1.82, 2.24) is 0 Å². The SMILES string of the molecule is CC(C)(C)[Si](C)(C)Oc1ccc([C@@H]2[C@@H](SC[C@@H](O[Si](C)(C)C(C)(C)C)c3ccc(F)cc3)C(=O)N2c2ccc(I)cc2)c(O[Si](C)(C)C(C)(C)C)c1. The van der Waals surface area contributed by atoms with Crippen LogP contribution in [0.5, 0.6) is 11.5 Å². The summed E-state index contributed by atoms with van der Waals surface area (Å²) in [4.78, 5) is 16.3. The van der Waals surface area contributed by atoms with E-state index in [9.17, 15) is 9.18 Å². The van der Waals surface area contributed by atoms with Crippen molar-refractivity contribution in [3.05, 3.63) is 87.2 Å². The highest BCUT2D eigenvalue weighted by atomic mass is 127. The van der Waals surface area contributed by atoms with Crippen molar-refractivity contribution >= 4 is 70.9 Å². The lowest BCUT2D eigenvalue weighted by Crippen LogP contribution is -2.58. The first-order valence-corrected chi connectivity index (χ1v) is 29.2. The van der Waals surface area contributed by atoms with Gasteiger partial charge in [0.1, 0.15) is 22.6 Å². The quantitative estimate of drug-likeness (QED) is 0.103. The van der Waals surface area contributed by atoms with Crippen LogP contribution in [0.2, 0.25) is 54.4 Å². The second-order valence-corrected chi connectivity index (χ2v) is 35.4. The van der Waals surface area contributed by atoms with E-state index in [0.717, 1.165) is 31.9 Å². The molecule has 1 amide bonds. The zero-order chi connectivity index (χ0) is 39.2. The lowest BCUT2D eigenvalue weighted by Gasteiger charge is -2.48. The highest BCUT2D eigenvalue weighted by molar-refractivity contribution is 14.1. The largest absolute Gasteiger partial charge is 0.543 e. The van der Waals surface area contributed by atoms with Crippen molar-refractivity contribution in [2.45, 2.75) is 134 Å². The van der Waals surface area contributed by atoms with E-state index >= 15 is 0 Å². The molecule has 286 valence electrons. The molecule has 0 unspecified atom stereocenters. The Balaban J connectivity index is 1.82. The number of benzene rings is 3. The molecule has 1 aliphatic heterocycles. The molecule has 1 saturated heterocycles. The van der Waals surface area contributed by atoms with Crippen LogP contribution in [-0.2, 0) is 9.22 Å². The highest BCUT2D eigenvalue weighted by Gasteiger charge is 2.52. The number of carbonyl (C=O) groups excluding carboxylic acids is 1. The van der Waals surface area contributed by atoms with Crippen LogP contribution in [0, 0.1) is 9.39 Å². The number of hydrogen-bond acceptors (Lipinski definition) is 5. The molecule has 1 aliphatic rings. The van der Waals surface area contributed by atoms with Gasteiger partial charge >= 0.3 is 0 Å². The molecule has 4 rings (SSSR count). The van der Waals surface area contributed by atoms with Crippen LogP contribution in [0.15, 0.2) is 66.7 Å². The van der Waals surface area contributed by atoms with Gasteiger partial charge < -0.3 is 18.2 Å². The van der Waals surface area contributed by atoms with Crippen molar-refractivity contribution in [2.75, 3.05) is 10.7 Å². The van der Waals surface area contributed by atoms with E-state index in [1.807, 2.05) is 41.3 Å². The lowest BCUT2D eigenvalue weighted by molar-refractivity contribution is -0.123. The fourth-order valence-electron chi connectivity index (χ4n) is 5.20. The van der Waals surface area contributed by atoms with Crippen molar-refractivity contribution in [3.63, 3.8) is 0 Å². The Morgan fingerprint density at radius 1 is 0.750 bits per heavy atom. The molecule has 0 radical (unpaired) electrons. The van der Waals surface area contributed by atoms with Gasteiger partial charge in [0.15, 0.2) is 8.32 Å². The third kappa shape index (κ3) is 9.58. The number of rotatable bonds is 12. The summed E-state index contributed by atoms with van der Waals surface area (Å²) in [5.74, 6) is 1.92. The lowest BCUT2D eigenvalue weighted by atomic mass is 9.91. The Bertz CT molecular complexity index is 1710. The minimum atomic E-state index is -2.31. The Labute approximate surface area is 334 Å². The summed E-state index contributed by atoms with van der Waals surface area (Å²) in [7, 11) is -6.67. The first kappa shape index (κ1) is 43.1. The van der Waals surface area contributed by atoms with Crippen LogP contribution in [0.25, 0.3) is 0 Å². The van der Waals surface area contributed by atoms with E-state index < -0.39 is 25.0 Å². The van der Waals surface area contributed by atoms with Crippen molar-refractivity contribution in [3.8, 4) is 11.5 Å². The van der Waals surface area contributed by atoms with Gasteiger partial charge in [-0.25, -0.2) is 4.39 Å². The van der Waals surface area contributed by atoms with Crippen molar-refractivity contribution < 1.29 is 22.5 Å². The molecule has 1 fully saturated rings. The number of halogens is 2. The van der Waals surface area contributed by atoms with Gasteiger partial charge in [-0.1, -0.05) is 74.4 Å². The fraction of sp³-hybridized carbons (Fsp3) is 0.537. The van der Waals surface area contributed by atoms with Gasteiger partial charge in [-0.3, -0.25) is 4.79 Å². The predicted molar refractivity (Wildman–Crippen MR) is 235 cm³/mol. The van der Waals surface area contributed by atoms with Gasteiger partial charge in [0.2, 0.25) is 22.5 Å². The monoisotopic (exact) mass is 893 g/mol. The minimum absolute atomic E-state index is 0.0173. The second kappa shape index (κ2) is 15.5. The summed E-state index contributed by atoms with van der Waals surface area (Å²) in [6, 6.07) is 20.8. The predicted octanol–water partition coefficient (Wildman–Crippen LogP) is 13.2. The Morgan fingerprint density at radius 3 is 1.79 bits per heavy atom. The van der Waals surface area contributed by atoms with Crippen LogP contribution in [0.4, 0.5) is 10.1 Å². The zero-order valence-corrected chi connectivity index (χ0v) is 40.0. The summed E-state index contributed by atoms with van der Waals surface area (Å²) >= 11 is 3.93. The molecule has 0 bridgehead atoms. The summed E-state index contributed by atoms with van der Waals surface area (Å²) in [5.41, 5.74) is 2.76. The molecule has 5 nitrogen and oxygen atoms in total. The average molecular weight is 894 g/mol. The number of β-lactam (4-membered cyclic amide) rings is 1. The number of nitrogens with zero attached hydrogens (tertiary/aromatic N) is 1. The van der Waals surface area contributed by atoms with Crippen LogP contribution in [0.1, 0.15) is 85.6 Å². The maximum absolute atomic E-state index is 14.4. The Morgan fingerprint density at radius 2 is 1.27 bits per heavy atom. The van der Waals surface area contributed by atoms with Gasteiger partial charge in [0, 0.05) is 26.6 Å². The molecule has 52 heavy (non-hydrogen) atoms. The normalized spacial score (nSPS) is 18.2. The molecule has 0 aliphatic carbocycles. The number of amides is 1. The minimum Gasteiger partial charge on any atom is -0.543 e. The molecule has 3 aromatic carbocycles. The van der Waals surface area contributed by atoms with Crippen LogP contribution < -0.4 is 13.8 Å². The van der Waals surface area contributed by atoms with E-state index in [-0.39, 0.29) is 44.2 Å². The van der Waals surface area contributed by atoms with Crippen molar-refractivity contribution in [1.29, 1.82) is 0 Å². The van der Waals surface area contributed by atoms with Gasteiger partial charge in [-0.05, 0) is 131 Å². The molecular weight excluding hydrogens is 833 g/mol. The molecule has 0 spiro atoms. The summed E-state index contributed by atoms with van der Waals surface area (Å²) in [5, 5.41) is -0.400. The van der Waals surface area contributed by atoms with E-state index in [4.69, 9.17) is 13.3 Å². The van der Waals surface area contributed by atoms with Crippen LogP contribution >= 0.6 is 34.4 Å². The zero-order valence-electron chi connectivity index (χ0n) is 34.0. The third-order valence-electron chi connectivity index (χ3n) is 11.7. The van der Waals surface area contributed by atoms with Gasteiger partial charge in [0.05, 0.1) is 12.1 Å². The molecule has 0 N–H and O–H groups in total. The van der Waals surface area contributed by atoms with E-state index in [1.54, 1.807) is 11.8 Å². The molecule has 1 heterocycles. The van der Waals surface area contributed by atoms with E-state index in [1.165, 1.54) is 12.1 Å². The van der Waals surface area contributed by atoms with Crippen LogP contribution in [0.3, 0.4) is 0 Å². The summed E-state index contributed by atoms with van der Waals surface area (Å²) in [6.45, 7) is 33.7. The maximum Gasteiger partial charge on any atom is 0.250 e. The molecular formula is C41H61FINO4SSi3. The number of carbonyl (C=O) groups is 1. The van der Waals surface area contributed by atoms with Gasteiger partial charge in [0.25, 0.3) is 0 Å². The van der Waals surface area contributed by atoms with Crippen molar-refractivity contribution in [2.24, 2.45) is 0 Å². The van der Waals surface area contributed by atoms with Gasteiger partial charge in [-0.2, -0.15) is 0 Å². The smallest absolute Gasteiger partial charge is 0.250 e. The topological polar surface area (TPSA) is 48.0 Å². The van der Waals surface area contributed by atoms with E-state index in [2.05, 4.69) is 142 Å². The van der Waals surface area contributed by atoms with Crippen LogP contribution in [-0.4, -0.2) is 41.9 Å². The number of anilines is 1. The Kier molecular flexibility index (Phi) is 12.8. The first-order valence-electron chi connectivity index (χ1n) is 18.3. The first-order chi connectivity index (χ1) is 23.6. The molecule has 0 aromatic heterocycles. The molecule has 3 atom stereocenters. The number of thioether (sulfide) groups is 1. The summed E-state index contributed by atoms with van der Waals surface area (Å²) < 4.78 is 36.2. The summed E-state index contributed by atoms with van der Waals surface area (Å²) in [6.07, 6.45) is -0.296. The fourth-order valence-corrected chi connectivity index (χ4v) is 10.4. The van der Waals surface area contributed by atoms with E-state index in [0.29, 0.717) is 5.75 Å². The standard InChI is InChI=1S/C41H61FINO4SSi3/c1-39(2,3)50(10,11)46-32-24-25-33(34(26-32)47-51(12,13)40(4,5)6)36-37(38(45)44(36)31-22-20-30(43)21-23-31)49-27-35(28-16-18-29(42)19-17-28)48-52(14,15)41(7,8)9/h16-26,35-37H,27H2,1-15H3/t35-,36-,37-/m1/s1.